The highest BCUT2D eigenvalue weighted by atomic mass is 32.2. The van der Waals surface area contributed by atoms with Crippen LogP contribution in [0.25, 0.3) is 11.6 Å². The fourth-order valence-corrected chi connectivity index (χ4v) is 5.83. The van der Waals surface area contributed by atoms with Gasteiger partial charge in [-0.3, -0.25) is 4.79 Å². The summed E-state index contributed by atoms with van der Waals surface area (Å²) in [6, 6.07) is 12.8. The van der Waals surface area contributed by atoms with Gasteiger partial charge in [0.15, 0.2) is 5.78 Å². The quantitative estimate of drug-likeness (QED) is 0.730. The lowest BCUT2D eigenvalue weighted by Crippen LogP contribution is -2.37. The highest BCUT2D eigenvalue weighted by Crippen LogP contribution is 2.47. The van der Waals surface area contributed by atoms with E-state index >= 15 is 0 Å². The maximum atomic E-state index is 13.7. The first kappa shape index (κ1) is 21.1. The van der Waals surface area contributed by atoms with Crippen LogP contribution < -0.4 is 10.4 Å². The van der Waals surface area contributed by atoms with Crippen LogP contribution in [0.4, 0.5) is 4.39 Å². The molecule has 3 aliphatic carbocycles. The maximum Gasteiger partial charge on any atom is 0.162 e. The van der Waals surface area contributed by atoms with Gasteiger partial charge in [-0.1, -0.05) is 49.4 Å². The van der Waals surface area contributed by atoms with Crippen LogP contribution in [0.3, 0.4) is 0 Å². The maximum absolute atomic E-state index is 13.7. The number of hydrogen-bond donors (Lipinski definition) is 1. The molecule has 0 N–H and O–H groups in total. The Hall–Kier alpha value is -2.79. The highest BCUT2D eigenvalue weighted by Gasteiger charge is 2.35. The van der Waals surface area contributed by atoms with Crippen molar-refractivity contribution in [1.82, 2.24) is 0 Å². The average Bonchev–Trinajstić information content (AvgIpc) is 2.78. The molecule has 2 aromatic carbocycles. The van der Waals surface area contributed by atoms with Gasteiger partial charge in [0.1, 0.15) is 16.5 Å². The van der Waals surface area contributed by atoms with Gasteiger partial charge in [-0.15, -0.1) is 0 Å². The topological polar surface area (TPSA) is 51.2 Å². The first-order valence-electron chi connectivity index (χ1n) is 11.1. The fourth-order valence-electron chi connectivity index (χ4n) is 5.39. The minimum atomic E-state index is -2.41. The first-order chi connectivity index (χ1) is 15.4. The monoisotopic (exact) mass is 448 g/mol. The van der Waals surface area contributed by atoms with Crippen LogP contribution in [-0.2, 0) is 21.9 Å². The van der Waals surface area contributed by atoms with E-state index in [9.17, 15) is 17.6 Å². The van der Waals surface area contributed by atoms with E-state index in [1.807, 2.05) is 18.2 Å². The Bertz CT molecular complexity index is 1370. The van der Waals surface area contributed by atoms with E-state index in [0.717, 1.165) is 45.6 Å². The molecule has 0 amide bonds. The van der Waals surface area contributed by atoms with Crippen molar-refractivity contribution >= 4 is 28.1 Å². The van der Waals surface area contributed by atoms with E-state index in [4.69, 9.17) is 0 Å². The van der Waals surface area contributed by atoms with Gasteiger partial charge in [0, 0.05) is 23.8 Å². The van der Waals surface area contributed by atoms with Crippen molar-refractivity contribution in [1.29, 1.82) is 0 Å². The summed E-state index contributed by atoms with van der Waals surface area (Å²) in [6.07, 6.45) is 7.12. The lowest BCUT2D eigenvalue weighted by Gasteiger charge is -2.36. The predicted molar refractivity (Wildman–Crippen MR) is 125 cm³/mol. The molecule has 2 atom stereocenters. The zero-order valence-corrected chi connectivity index (χ0v) is 18.8. The molecule has 3 aliphatic rings. The molecule has 0 aromatic heterocycles. The van der Waals surface area contributed by atoms with Crippen LogP contribution >= 0.6 is 0 Å². The van der Waals surface area contributed by atoms with Crippen LogP contribution in [0.5, 0.6) is 0 Å². The lowest BCUT2D eigenvalue weighted by atomic mass is 9.67. The highest BCUT2D eigenvalue weighted by molar-refractivity contribution is 7.72. The van der Waals surface area contributed by atoms with Crippen molar-refractivity contribution in [3.05, 3.63) is 92.6 Å². The Morgan fingerprint density at radius 1 is 1.00 bits per heavy atom. The van der Waals surface area contributed by atoms with Crippen LogP contribution in [0.1, 0.15) is 43.2 Å². The number of ketones is 1. The van der Waals surface area contributed by atoms with Gasteiger partial charge in [0.05, 0.1) is 5.75 Å². The van der Waals surface area contributed by atoms with Crippen LogP contribution in [0, 0.1) is 11.7 Å². The summed E-state index contributed by atoms with van der Waals surface area (Å²) in [5.74, 6) is 0.0905. The number of carbonyl (C=O) groups excluding carboxylic acids is 1. The number of thiol groups is 1. The summed E-state index contributed by atoms with van der Waals surface area (Å²) < 4.78 is 35.8. The van der Waals surface area contributed by atoms with E-state index in [1.54, 1.807) is 0 Å². The molecule has 2 aromatic rings. The van der Waals surface area contributed by atoms with Gasteiger partial charge in [-0.05, 0) is 69.7 Å². The molecule has 0 saturated heterocycles. The summed E-state index contributed by atoms with van der Waals surface area (Å²) >= 11 is 0. The van der Waals surface area contributed by atoms with Crippen molar-refractivity contribution in [2.45, 2.75) is 38.5 Å². The van der Waals surface area contributed by atoms with E-state index in [0.29, 0.717) is 12.8 Å². The van der Waals surface area contributed by atoms with Gasteiger partial charge < -0.3 is 0 Å². The van der Waals surface area contributed by atoms with Crippen molar-refractivity contribution in [3.8, 4) is 0 Å². The van der Waals surface area contributed by atoms with E-state index in [1.165, 1.54) is 23.3 Å². The van der Waals surface area contributed by atoms with Crippen molar-refractivity contribution < 1.29 is 17.6 Å². The molecule has 0 bridgehead atoms. The van der Waals surface area contributed by atoms with Gasteiger partial charge in [-0.25, -0.2) is 12.8 Å². The van der Waals surface area contributed by atoms with Gasteiger partial charge in [0.2, 0.25) is 0 Å². The second kappa shape index (κ2) is 8.28. The van der Waals surface area contributed by atoms with Gasteiger partial charge >= 0.3 is 0 Å². The van der Waals surface area contributed by atoms with Crippen LogP contribution in [0.15, 0.2) is 65.3 Å². The average molecular weight is 449 g/mol. The number of hydrogen-bond acceptors (Lipinski definition) is 3. The van der Waals surface area contributed by atoms with Gasteiger partial charge in [0.25, 0.3) is 0 Å². The summed E-state index contributed by atoms with van der Waals surface area (Å²) in [4.78, 5) is 12.7. The minimum absolute atomic E-state index is 0.0726. The number of fused-ring (bicyclic) bond motifs is 3. The third kappa shape index (κ3) is 3.69. The number of Topliss-reactive ketones (excluding diaryl/α,β-unsaturated/α-hetero) is 1. The molecular formula is C27H25FO3S. The molecule has 32 heavy (non-hydrogen) atoms. The van der Waals surface area contributed by atoms with Crippen molar-refractivity contribution in [2.75, 3.05) is 5.75 Å². The molecule has 0 spiro atoms. The zero-order chi connectivity index (χ0) is 22.4. The Morgan fingerprint density at radius 3 is 2.53 bits per heavy atom. The Kier molecular flexibility index (Phi) is 5.46. The molecule has 1 saturated carbocycles. The fraction of sp³-hybridized carbons (Fsp3) is 0.296. The van der Waals surface area contributed by atoms with Gasteiger partial charge in [-0.2, -0.15) is 0 Å². The Balaban J connectivity index is 1.77. The van der Waals surface area contributed by atoms with Crippen LogP contribution in [-0.4, -0.2) is 20.0 Å². The molecular weight excluding hydrogens is 423 g/mol. The molecule has 5 heteroatoms. The summed E-state index contributed by atoms with van der Waals surface area (Å²) in [5.41, 5.74) is 6.41. The van der Waals surface area contributed by atoms with Crippen molar-refractivity contribution in [3.63, 3.8) is 0 Å². The predicted octanol–water partition coefficient (Wildman–Crippen LogP) is 3.33. The number of allylic oxidation sites excluding steroid dienone is 4. The molecule has 3 nitrogen and oxygen atoms in total. The smallest absolute Gasteiger partial charge is 0.162 e. The second-order valence-electron chi connectivity index (χ2n) is 8.88. The normalized spacial score (nSPS) is 22.2. The molecule has 164 valence electrons. The standard InChI is InChI=1S/C27H25FO3S/c1-16-13-24-22(3-2-4-25(24)29)27-23(18-6-8-20(28)9-7-18)15-19-14-17(11-12-32(30)31)5-10-21(19)26(16)27/h5-10,13-16,23,32H,2-4,11-12H2,1H3. The molecule has 0 heterocycles. The van der Waals surface area contributed by atoms with E-state index in [-0.39, 0.29) is 29.2 Å². The molecule has 2 unspecified atom stereocenters. The number of carbonyl (C=O) groups is 1. The Labute approximate surface area is 188 Å². The first-order valence-corrected chi connectivity index (χ1v) is 12.5. The molecule has 0 radical (unpaired) electrons. The second-order valence-corrected chi connectivity index (χ2v) is 9.99. The third-order valence-corrected chi connectivity index (χ3v) is 7.41. The summed E-state index contributed by atoms with van der Waals surface area (Å²) in [5, 5.41) is 2.21. The van der Waals surface area contributed by atoms with Crippen molar-refractivity contribution in [2.24, 2.45) is 5.92 Å². The lowest BCUT2D eigenvalue weighted by molar-refractivity contribution is -0.115. The Morgan fingerprint density at radius 2 is 1.78 bits per heavy atom. The molecule has 1 fully saturated rings. The minimum Gasteiger partial charge on any atom is -0.294 e. The summed E-state index contributed by atoms with van der Waals surface area (Å²) in [6.45, 7) is 2.13. The zero-order valence-electron chi connectivity index (χ0n) is 17.9. The van der Waals surface area contributed by atoms with E-state index < -0.39 is 10.7 Å². The number of halogens is 1. The van der Waals surface area contributed by atoms with Crippen LogP contribution in [0.2, 0.25) is 0 Å². The summed E-state index contributed by atoms with van der Waals surface area (Å²) in [7, 11) is -2.41. The molecule has 0 aliphatic heterocycles. The SMILES string of the molecule is CC1C=C2C(=O)CCCC2=C2C1=c1ccc(CC[SH](=O)=O)cc1=CC2c1ccc(F)cc1. The molecule has 5 rings (SSSR count). The third-order valence-electron chi connectivity index (χ3n) is 6.82. The van der Waals surface area contributed by atoms with E-state index in [2.05, 4.69) is 31.2 Å². The largest absolute Gasteiger partial charge is 0.294 e. The number of rotatable bonds is 4. The number of aryl methyl sites for hydroxylation is 1. The number of benzene rings is 2.